The Morgan fingerprint density at radius 1 is 1.37 bits per heavy atom. The maximum absolute atomic E-state index is 13.3. The SMILES string of the molecule is Cc1oncc1CNC(=O)Nc1c(F)cccc1F. The zero-order chi connectivity index (χ0) is 13.8. The molecule has 2 N–H and O–H groups in total. The van der Waals surface area contributed by atoms with Crippen molar-refractivity contribution in [3.8, 4) is 0 Å². The molecule has 0 bridgehead atoms. The Balaban J connectivity index is 1.97. The Morgan fingerprint density at radius 2 is 2.05 bits per heavy atom. The van der Waals surface area contributed by atoms with Crippen molar-refractivity contribution in [2.24, 2.45) is 0 Å². The van der Waals surface area contributed by atoms with E-state index >= 15 is 0 Å². The molecule has 0 fully saturated rings. The van der Waals surface area contributed by atoms with E-state index in [2.05, 4.69) is 15.8 Å². The van der Waals surface area contributed by atoms with E-state index in [-0.39, 0.29) is 6.54 Å². The van der Waals surface area contributed by atoms with E-state index in [1.165, 1.54) is 12.3 Å². The number of para-hydroxylation sites is 1. The van der Waals surface area contributed by atoms with Crippen molar-refractivity contribution in [3.05, 3.63) is 47.4 Å². The molecule has 7 heteroatoms. The van der Waals surface area contributed by atoms with E-state index in [9.17, 15) is 13.6 Å². The fourth-order valence-electron chi connectivity index (χ4n) is 1.44. The summed E-state index contributed by atoms with van der Waals surface area (Å²) in [4.78, 5) is 11.5. The van der Waals surface area contributed by atoms with Gasteiger partial charge in [0.05, 0.1) is 6.20 Å². The highest BCUT2D eigenvalue weighted by Crippen LogP contribution is 2.17. The first-order valence-electron chi connectivity index (χ1n) is 5.47. The molecular weight excluding hydrogens is 256 g/mol. The van der Waals surface area contributed by atoms with Crippen molar-refractivity contribution in [2.45, 2.75) is 13.5 Å². The fourth-order valence-corrected chi connectivity index (χ4v) is 1.44. The zero-order valence-corrected chi connectivity index (χ0v) is 10.0. The molecule has 0 saturated carbocycles. The van der Waals surface area contributed by atoms with Gasteiger partial charge in [0.25, 0.3) is 0 Å². The number of hydrogen-bond donors (Lipinski definition) is 2. The van der Waals surface area contributed by atoms with Crippen LogP contribution in [0.4, 0.5) is 19.3 Å². The number of anilines is 1. The van der Waals surface area contributed by atoms with Crippen LogP contribution < -0.4 is 10.6 Å². The van der Waals surface area contributed by atoms with Crippen molar-refractivity contribution in [3.63, 3.8) is 0 Å². The summed E-state index contributed by atoms with van der Waals surface area (Å²) in [5.74, 6) is -1.11. The lowest BCUT2D eigenvalue weighted by atomic mass is 10.3. The van der Waals surface area contributed by atoms with Crippen LogP contribution in [0.15, 0.2) is 28.9 Å². The molecule has 0 atom stereocenters. The minimum absolute atomic E-state index is 0.150. The van der Waals surface area contributed by atoms with Gasteiger partial charge in [0.1, 0.15) is 23.1 Å². The lowest BCUT2D eigenvalue weighted by Crippen LogP contribution is -2.29. The van der Waals surface area contributed by atoms with Crippen molar-refractivity contribution in [2.75, 3.05) is 5.32 Å². The lowest BCUT2D eigenvalue weighted by Gasteiger charge is -2.08. The van der Waals surface area contributed by atoms with Crippen LogP contribution in [0.1, 0.15) is 11.3 Å². The van der Waals surface area contributed by atoms with Crippen LogP contribution in [-0.4, -0.2) is 11.2 Å². The zero-order valence-electron chi connectivity index (χ0n) is 10.0. The molecule has 2 aromatic rings. The molecule has 0 aliphatic heterocycles. The normalized spacial score (nSPS) is 10.3. The first-order valence-corrected chi connectivity index (χ1v) is 5.47. The summed E-state index contributed by atoms with van der Waals surface area (Å²) < 4.78 is 31.4. The Morgan fingerprint density at radius 3 is 2.63 bits per heavy atom. The number of carbonyl (C=O) groups excluding carboxylic acids is 1. The molecule has 5 nitrogen and oxygen atoms in total. The molecule has 0 aliphatic rings. The molecule has 0 unspecified atom stereocenters. The number of amides is 2. The topological polar surface area (TPSA) is 67.2 Å². The first kappa shape index (κ1) is 13.0. The van der Waals surface area contributed by atoms with Gasteiger partial charge in [-0.3, -0.25) is 0 Å². The lowest BCUT2D eigenvalue weighted by molar-refractivity contribution is 0.251. The van der Waals surface area contributed by atoms with Crippen LogP contribution in [0.25, 0.3) is 0 Å². The third kappa shape index (κ3) is 3.06. The Kier molecular flexibility index (Phi) is 3.74. The van der Waals surface area contributed by atoms with Crippen molar-refractivity contribution in [1.29, 1.82) is 0 Å². The van der Waals surface area contributed by atoms with Crippen LogP contribution >= 0.6 is 0 Å². The highest BCUT2D eigenvalue weighted by Gasteiger charge is 2.12. The molecule has 0 aliphatic carbocycles. The van der Waals surface area contributed by atoms with Crippen LogP contribution in [0.2, 0.25) is 0 Å². The Hall–Kier alpha value is -2.44. The third-order valence-electron chi connectivity index (χ3n) is 2.49. The molecule has 0 spiro atoms. The number of nitrogens with one attached hydrogen (secondary N) is 2. The van der Waals surface area contributed by atoms with Gasteiger partial charge >= 0.3 is 6.03 Å². The van der Waals surface area contributed by atoms with Crippen LogP contribution in [-0.2, 0) is 6.54 Å². The predicted molar refractivity (Wildman–Crippen MR) is 63.5 cm³/mol. The number of hydrogen-bond acceptors (Lipinski definition) is 3. The van der Waals surface area contributed by atoms with Crippen molar-refractivity contribution in [1.82, 2.24) is 10.5 Å². The number of halogens is 2. The van der Waals surface area contributed by atoms with Gasteiger partial charge in [-0.2, -0.15) is 0 Å². The summed E-state index contributed by atoms with van der Waals surface area (Å²) in [5.41, 5.74) is 0.200. The van der Waals surface area contributed by atoms with Gasteiger partial charge < -0.3 is 15.2 Å². The maximum atomic E-state index is 13.3. The Labute approximate surface area is 107 Å². The number of urea groups is 1. The minimum Gasteiger partial charge on any atom is -0.361 e. The number of nitrogens with zero attached hydrogens (tertiary/aromatic N) is 1. The number of benzene rings is 1. The van der Waals surface area contributed by atoms with E-state index in [0.29, 0.717) is 11.3 Å². The molecule has 1 aromatic carbocycles. The number of rotatable bonds is 3. The fraction of sp³-hybridized carbons (Fsp3) is 0.167. The quantitative estimate of drug-likeness (QED) is 0.898. The van der Waals surface area contributed by atoms with Crippen LogP contribution in [0.3, 0.4) is 0 Å². The van der Waals surface area contributed by atoms with E-state index in [0.717, 1.165) is 12.1 Å². The molecule has 2 rings (SSSR count). The maximum Gasteiger partial charge on any atom is 0.319 e. The molecular formula is C12H11F2N3O2. The van der Waals surface area contributed by atoms with Gasteiger partial charge in [0, 0.05) is 12.1 Å². The van der Waals surface area contributed by atoms with Gasteiger partial charge in [0.15, 0.2) is 0 Å². The largest absolute Gasteiger partial charge is 0.361 e. The molecule has 0 radical (unpaired) electrons. The minimum atomic E-state index is -0.837. The van der Waals surface area contributed by atoms with Crippen LogP contribution in [0.5, 0.6) is 0 Å². The highest BCUT2D eigenvalue weighted by atomic mass is 19.1. The van der Waals surface area contributed by atoms with E-state index in [1.54, 1.807) is 6.92 Å². The Bertz CT molecular complexity index is 578. The summed E-state index contributed by atoms with van der Waals surface area (Å²) >= 11 is 0. The van der Waals surface area contributed by atoms with E-state index in [4.69, 9.17) is 4.52 Å². The first-order chi connectivity index (χ1) is 9.08. The standard InChI is InChI=1S/C12H11F2N3O2/c1-7-8(6-16-19-7)5-15-12(18)17-11-9(13)3-2-4-10(11)14/h2-4,6H,5H2,1H3,(H2,15,17,18). The van der Waals surface area contributed by atoms with Crippen LogP contribution in [0, 0.1) is 18.6 Å². The third-order valence-corrected chi connectivity index (χ3v) is 2.49. The van der Waals surface area contributed by atoms with E-state index in [1.807, 2.05) is 0 Å². The van der Waals surface area contributed by atoms with Gasteiger partial charge in [-0.25, -0.2) is 13.6 Å². The molecule has 0 saturated heterocycles. The molecule has 19 heavy (non-hydrogen) atoms. The van der Waals surface area contributed by atoms with Gasteiger partial charge in [0.2, 0.25) is 0 Å². The average molecular weight is 267 g/mol. The number of aryl methyl sites for hydroxylation is 1. The van der Waals surface area contributed by atoms with Gasteiger partial charge in [-0.1, -0.05) is 11.2 Å². The second-order valence-corrected chi connectivity index (χ2v) is 3.81. The predicted octanol–water partition coefficient (Wildman–Crippen LogP) is 2.58. The smallest absolute Gasteiger partial charge is 0.319 e. The summed E-state index contributed by atoms with van der Waals surface area (Å²) in [6.07, 6.45) is 1.46. The summed E-state index contributed by atoms with van der Waals surface area (Å²) in [5, 5.41) is 8.10. The summed E-state index contributed by atoms with van der Waals surface area (Å²) in [7, 11) is 0. The number of carbonyl (C=O) groups is 1. The highest BCUT2D eigenvalue weighted by molar-refractivity contribution is 5.89. The summed E-state index contributed by atoms with van der Waals surface area (Å²) in [6, 6.07) is 2.62. The molecule has 100 valence electrons. The van der Waals surface area contributed by atoms with Crippen molar-refractivity contribution >= 4 is 11.7 Å². The monoisotopic (exact) mass is 267 g/mol. The van der Waals surface area contributed by atoms with Gasteiger partial charge in [-0.15, -0.1) is 0 Å². The molecule has 2 amide bonds. The van der Waals surface area contributed by atoms with E-state index < -0.39 is 23.4 Å². The summed E-state index contributed by atoms with van der Waals surface area (Å²) in [6.45, 7) is 1.84. The molecule has 1 heterocycles. The number of aromatic nitrogens is 1. The second-order valence-electron chi connectivity index (χ2n) is 3.81. The second kappa shape index (κ2) is 5.47. The molecule has 1 aromatic heterocycles. The van der Waals surface area contributed by atoms with Gasteiger partial charge in [-0.05, 0) is 19.1 Å². The van der Waals surface area contributed by atoms with Crippen molar-refractivity contribution < 1.29 is 18.1 Å². The average Bonchev–Trinajstić information content (AvgIpc) is 2.77.